The molecule has 0 N–H and O–H groups in total. The SMILES string of the molecule is COc1ccc(N2CCCN(C(=O)c3c(-n4cccc4)sc4c3CCSC4)CC2)cc1. The Balaban J connectivity index is 1.39. The molecule has 0 spiro atoms. The topological polar surface area (TPSA) is 37.7 Å². The van der Waals surface area contributed by atoms with Gasteiger partial charge in [0.15, 0.2) is 0 Å². The van der Waals surface area contributed by atoms with Gasteiger partial charge in [-0.2, -0.15) is 11.8 Å². The number of fused-ring (bicyclic) bond motifs is 1. The standard InChI is InChI=1S/C24H27N3O2S2/c1-29-19-7-5-18(6-8-19)25-12-4-13-26(15-14-25)23(28)22-20-9-16-30-17-21(20)31-24(22)27-10-2-3-11-27/h2-3,5-8,10-11H,4,9,12-17H2,1H3. The number of rotatable bonds is 4. The minimum absolute atomic E-state index is 0.199. The molecule has 1 saturated heterocycles. The van der Waals surface area contributed by atoms with E-state index in [-0.39, 0.29) is 5.91 Å². The fraction of sp³-hybridized carbons (Fsp3) is 0.375. The minimum Gasteiger partial charge on any atom is -0.497 e. The molecule has 1 amide bonds. The normalized spacial score (nSPS) is 16.7. The van der Waals surface area contributed by atoms with E-state index < -0.39 is 0 Å². The van der Waals surface area contributed by atoms with Crippen LogP contribution >= 0.6 is 23.1 Å². The van der Waals surface area contributed by atoms with Crippen molar-refractivity contribution in [2.24, 2.45) is 0 Å². The first-order valence-corrected chi connectivity index (χ1v) is 12.8. The lowest BCUT2D eigenvalue weighted by Gasteiger charge is -2.24. The largest absolute Gasteiger partial charge is 0.497 e. The molecule has 2 aliphatic rings. The van der Waals surface area contributed by atoms with Gasteiger partial charge in [0, 0.05) is 54.9 Å². The highest BCUT2D eigenvalue weighted by Gasteiger charge is 2.30. The van der Waals surface area contributed by atoms with E-state index in [0.29, 0.717) is 0 Å². The van der Waals surface area contributed by atoms with Gasteiger partial charge in [0.25, 0.3) is 5.91 Å². The number of amides is 1. The number of thioether (sulfide) groups is 1. The highest BCUT2D eigenvalue weighted by molar-refractivity contribution is 7.98. The van der Waals surface area contributed by atoms with E-state index in [1.54, 1.807) is 18.4 Å². The third-order valence-corrected chi connectivity index (χ3v) is 8.49. The Labute approximate surface area is 191 Å². The summed E-state index contributed by atoms with van der Waals surface area (Å²) in [6.45, 7) is 3.35. The maximum absolute atomic E-state index is 13.8. The highest BCUT2D eigenvalue weighted by atomic mass is 32.2. The maximum atomic E-state index is 13.8. The fourth-order valence-electron chi connectivity index (χ4n) is 4.42. The van der Waals surface area contributed by atoms with Gasteiger partial charge in [-0.05, 0) is 60.6 Å². The molecule has 7 heteroatoms. The van der Waals surface area contributed by atoms with Gasteiger partial charge in [0.2, 0.25) is 0 Å². The van der Waals surface area contributed by atoms with Crippen LogP contribution in [0.15, 0.2) is 48.8 Å². The fourth-order valence-corrected chi connectivity index (χ4v) is 6.86. The van der Waals surface area contributed by atoms with Gasteiger partial charge in [-0.1, -0.05) is 0 Å². The zero-order chi connectivity index (χ0) is 21.2. The third-order valence-electron chi connectivity index (χ3n) is 6.08. The zero-order valence-corrected chi connectivity index (χ0v) is 19.4. The van der Waals surface area contributed by atoms with E-state index in [1.165, 1.54) is 16.1 Å². The van der Waals surface area contributed by atoms with Crippen LogP contribution in [-0.2, 0) is 12.2 Å². The molecule has 162 valence electrons. The molecular weight excluding hydrogens is 426 g/mol. The van der Waals surface area contributed by atoms with Gasteiger partial charge < -0.3 is 19.1 Å². The van der Waals surface area contributed by atoms with Crippen molar-refractivity contribution in [3.63, 3.8) is 0 Å². The monoisotopic (exact) mass is 453 g/mol. The Morgan fingerprint density at radius 1 is 1.03 bits per heavy atom. The zero-order valence-electron chi connectivity index (χ0n) is 17.8. The lowest BCUT2D eigenvalue weighted by atomic mass is 10.1. The predicted octanol–water partition coefficient (Wildman–Crippen LogP) is 4.69. The third kappa shape index (κ3) is 4.08. The van der Waals surface area contributed by atoms with Crippen LogP contribution in [0.3, 0.4) is 0 Å². The Morgan fingerprint density at radius 3 is 2.61 bits per heavy atom. The first-order valence-electron chi connectivity index (χ1n) is 10.8. The molecular formula is C24H27N3O2S2. The Kier molecular flexibility index (Phi) is 5.96. The highest BCUT2D eigenvalue weighted by Crippen LogP contribution is 2.39. The number of aromatic nitrogens is 1. The lowest BCUT2D eigenvalue weighted by molar-refractivity contribution is 0.0766. The van der Waals surface area contributed by atoms with Gasteiger partial charge in [-0.25, -0.2) is 0 Å². The lowest BCUT2D eigenvalue weighted by Crippen LogP contribution is -2.36. The van der Waals surface area contributed by atoms with Crippen molar-refractivity contribution >= 4 is 34.7 Å². The molecule has 0 saturated carbocycles. The second kappa shape index (κ2) is 9.01. The summed E-state index contributed by atoms with van der Waals surface area (Å²) in [5, 5.41) is 1.08. The number of hydrogen-bond donors (Lipinski definition) is 0. The summed E-state index contributed by atoms with van der Waals surface area (Å²) in [5.74, 6) is 3.19. The number of carbonyl (C=O) groups is 1. The number of thiophene rings is 1. The number of methoxy groups -OCH3 is 1. The van der Waals surface area contributed by atoms with Crippen molar-refractivity contribution in [1.82, 2.24) is 9.47 Å². The number of ether oxygens (including phenoxy) is 1. The Hall–Kier alpha value is -2.38. The van der Waals surface area contributed by atoms with E-state index in [4.69, 9.17) is 4.74 Å². The molecule has 1 aromatic carbocycles. The van der Waals surface area contributed by atoms with Crippen LogP contribution in [-0.4, -0.2) is 54.4 Å². The van der Waals surface area contributed by atoms with Crippen LogP contribution in [0.2, 0.25) is 0 Å². The first kappa shape index (κ1) is 20.5. The molecule has 3 aromatic rings. The van der Waals surface area contributed by atoms with E-state index >= 15 is 0 Å². The molecule has 1 fully saturated rings. The summed E-state index contributed by atoms with van der Waals surface area (Å²) < 4.78 is 7.40. The average Bonchev–Trinajstić information content (AvgIpc) is 3.40. The molecule has 0 aliphatic carbocycles. The quantitative estimate of drug-likeness (QED) is 0.574. The Bertz CT molecular complexity index is 1040. The second-order valence-electron chi connectivity index (χ2n) is 7.91. The van der Waals surface area contributed by atoms with Gasteiger partial charge in [-0.15, -0.1) is 11.3 Å². The summed E-state index contributed by atoms with van der Waals surface area (Å²) in [4.78, 5) is 19.6. The first-order chi connectivity index (χ1) is 15.2. The van der Waals surface area contributed by atoms with Crippen molar-refractivity contribution in [2.75, 3.05) is 43.9 Å². The van der Waals surface area contributed by atoms with Crippen LogP contribution in [0.25, 0.3) is 5.00 Å². The predicted molar refractivity (Wildman–Crippen MR) is 129 cm³/mol. The molecule has 2 aromatic heterocycles. The molecule has 4 heterocycles. The second-order valence-corrected chi connectivity index (χ2v) is 10.1. The number of benzene rings is 1. The number of hydrogen-bond acceptors (Lipinski definition) is 5. The van der Waals surface area contributed by atoms with E-state index in [1.807, 2.05) is 36.0 Å². The molecule has 2 aliphatic heterocycles. The molecule has 31 heavy (non-hydrogen) atoms. The number of anilines is 1. The van der Waals surface area contributed by atoms with Crippen molar-refractivity contribution in [3.05, 3.63) is 64.8 Å². The summed E-state index contributed by atoms with van der Waals surface area (Å²) in [5.41, 5.74) is 3.41. The van der Waals surface area contributed by atoms with Gasteiger partial charge in [0.05, 0.1) is 12.7 Å². The van der Waals surface area contributed by atoms with Crippen molar-refractivity contribution in [3.8, 4) is 10.8 Å². The van der Waals surface area contributed by atoms with Gasteiger partial charge in [-0.3, -0.25) is 4.79 Å². The molecule has 0 bridgehead atoms. The smallest absolute Gasteiger partial charge is 0.257 e. The van der Waals surface area contributed by atoms with Gasteiger partial charge in [0.1, 0.15) is 10.8 Å². The van der Waals surface area contributed by atoms with E-state index in [0.717, 1.165) is 66.8 Å². The van der Waals surface area contributed by atoms with Crippen LogP contribution in [0.4, 0.5) is 5.69 Å². The maximum Gasteiger partial charge on any atom is 0.257 e. The number of nitrogens with zero attached hydrogens (tertiary/aromatic N) is 3. The van der Waals surface area contributed by atoms with Crippen LogP contribution < -0.4 is 9.64 Å². The van der Waals surface area contributed by atoms with E-state index in [9.17, 15) is 4.79 Å². The van der Waals surface area contributed by atoms with Crippen molar-refractivity contribution in [1.29, 1.82) is 0 Å². The van der Waals surface area contributed by atoms with Crippen LogP contribution in [0, 0.1) is 0 Å². The number of carbonyl (C=O) groups excluding carboxylic acids is 1. The summed E-state index contributed by atoms with van der Waals surface area (Å²) in [6, 6.07) is 12.3. The van der Waals surface area contributed by atoms with Crippen molar-refractivity contribution in [2.45, 2.75) is 18.6 Å². The van der Waals surface area contributed by atoms with Gasteiger partial charge >= 0.3 is 0 Å². The molecule has 5 nitrogen and oxygen atoms in total. The minimum atomic E-state index is 0.199. The van der Waals surface area contributed by atoms with Crippen molar-refractivity contribution < 1.29 is 9.53 Å². The molecule has 0 unspecified atom stereocenters. The van der Waals surface area contributed by atoms with Crippen LogP contribution in [0.1, 0.15) is 27.2 Å². The molecule has 0 atom stereocenters. The van der Waals surface area contributed by atoms with Crippen LogP contribution in [0.5, 0.6) is 5.75 Å². The summed E-state index contributed by atoms with van der Waals surface area (Å²) in [7, 11) is 1.69. The molecule has 0 radical (unpaired) electrons. The Morgan fingerprint density at radius 2 is 1.84 bits per heavy atom. The summed E-state index contributed by atoms with van der Waals surface area (Å²) in [6.07, 6.45) is 6.06. The molecule has 5 rings (SSSR count). The summed E-state index contributed by atoms with van der Waals surface area (Å²) >= 11 is 3.76. The van der Waals surface area contributed by atoms with E-state index in [2.05, 4.69) is 38.9 Å². The average molecular weight is 454 g/mol.